The molecule has 23 heavy (non-hydrogen) atoms. The number of carbonyl (C=O) groups excluding carboxylic acids is 1. The minimum atomic E-state index is -0.0886. The van der Waals surface area contributed by atoms with Crippen LogP contribution in [-0.2, 0) is 0 Å². The van der Waals surface area contributed by atoms with E-state index in [2.05, 4.69) is 10.1 Å². The second-order valence-electron chi connectivity index (χ2n) is 5.88. The van der Waals surface area contributed by atoms with E-state index < -0.39 is 0 Å². The normalized spacial score (nSPS) is 18.0. The van der Waals surface area contributed by atoms with Gasteiger partial charge in [0.2, 0.25) is 0 Å². The van der Waals surface area contributed by atoms with Crippen molar-refractivity contribution in [3.8, 4) is 0 Å². The van der Waals surface area contributed by atoms with Crippen LogP contribution in [0.5, 0.6) is 0 Å². The Labute approximate surface area is 138 Å². The van der Waals surface area contributed by atoms with E-state index in [-0.39, 0.29) is 11.9 Å². The summed E-state index contributed by atoms with van der Waals surface area (Å²) in [6, 6.07) is 9.49. The monoisotopic (exact) mass is 329 g/mol. The summed E-state index contributed by atoms with van der Waals surface area (Å²) in [5.74, 6) is 0.664. The molecule has 0 radical (unpaired) electrons. The Hall–Kier alpha value is -2.27. The van der Waals surface area contributed by atoms with Gasteiger partial charge in [0.25, 0.3) is 5.91 Å². The number of hydrogen-bond donors (Lipinski definition) is 1. The van der Waals surface area contributed by atoms with Gasteiger partial charge >= 0.3 is 0 Å². The number of aryl methyl sites for hydroxylation is 1. The maximum atomic E-state index is 13.0. The number of benzene rings is 1. The molecule has 5 nitrogen and oxygen atoms in total. The molecule has 0 aliphatic carbocycles. The molecule has 0 saturated carbocycles. The molecular formula is C17H16ClN3O2. The zero-order chi connectivity index (χ0) is 16.0. The predicted molar refractivity (Wildman–Crippen MR) is 87.6 cm³/mol. The number of carbonyl (C=O) groups is 1. The lowest BCUT2D eigenvalue weighted by molar-refractivity contribution is 0.0726. The third kappa shape index (κ3) is 2.32. The number of fused-ring (bicyclic) bond motifs is 1. The van der Waals surface area contributed by atoms with Crippen LogP contribution < -0.4 is 0 Å². The Kier molecular flexibility index (Phi) is 3.38. The van der Waals surface area contributed by atoms with Gasteiger partial charge in [0.05, 0.1) is 11.1 Å². The third-order valence-corrected chi connectivity index (χ3v) is 4.75. The highest BCUT2D eigenvalue weighted by Crippen LogP contribution is 2.35. The number of hydrogen-bond acceptors (Lipinski definition) is 3. The summed E-state index contributed by atoms with van der Waals surface area (Å²) in [6.45, 7) is 2.55. The number of nitrogens with zero attached hydrogens (tertiary/aromatic N) is 2. The summed E-state index contributed by atoms with van der Waals surface area (Å²) in [5, 5.41) is 5.42. The van der Waals surface area contributed by atoms with E-state index in [1.54, 1.807) is 0 Å². The molecule has 1 amide bonds. The van der Waals surface area contributed by atoms with Crippen LogP contribution in [0.1, 0.15) is 40.8 Å². The maximum absolute atomic E-state index is 13.0. The second kappa shape index (κ2) is 5.42. The van der Waals surface area contributed by atoms with E-state index in [1.165, 1.54) is 0 Å². The number of likely N-dealkylation sites (tertiary alicyclic amines) is 1. The van der Waals surface area contributed by atoms with Crippen LogP contribution in [0.25, 0.3) is 10.9 Å². The SMILES string of the molecule is Cc1cc(C2CCCN2C(=O)c2[nH]c3ccccc3c2Cl)no1. The number of aromatic nitrogens is 2. The van der Waals surface area contributed by atoms with Crippen molar-refractivity contribution < 1.29 is 9.32 Å². The van der Waals surface area contributed by atoms with Gasteiger partial charge in [0.1, 0.15) is 17.1 Å². The minimum Gasteiger partial charge on any atom is -0.361 e. The van der Waals surface area contributed by atoms with Gasteiger partial charge in [0.15, 0.2) is 0 Å². The molecule has 118 valence electrons. The summed E-state index contributed by atoms with van der Waals surface area (Å²) < 4.78 is 5.16. The van der Waals surface area contributed by atoms with Crippen LogP contribution in [0.3, 0.4) is 0 Å². The van der Waals surface area contributed by atoms with Gasteiger partial charge in [0, 0.05) is 23.5 Å². The highest BCUT2D eigenvalue weighted by Gasteiger charge is 2.34. The summed E-state index contributed by atoms with van der Waals surface area (Å²) in [6.07, 6.45) is 1.83. The molecule has 3 aromatic rings. The Bertz CT molecular complexity index is 883. The smallest absolute Gasteiger partial charge is 0.272 e. The molecule has 0 spiro atoms. The maximum Gasteiger partial charge on any atom is 0.272 e. The highest BCUT2D eigenvalue weighted by atomic mass is 35.5. The van der Waals surface area contributed by atoms with E-state index in [0.29, 0.717) is 17.3 Å². The van der Waals surface area contributed by atoms with Gasteiger partial charge in [-0.2, -0.15) is 0 Å². The first-order valence-electron chi connectivity index (χ1n) is 7.65. The first kappa shape index (κ1) is 14.3. The van der Waals surface area contributed by atoms with Crippen LogP contribution in [0.15, 0.2) is 34.9 Å². The number of amides is 1. The topological polar surface area (TPSA) is 62.1 Å². The zero-order valence-corrected chi connectivity index (χ0v) is 13.4. The van der Waals surface area contributed by atoms with E-state index in [0.717, 1.165) is 35.2 Å². The Morgan fingerprint density at radius 1 is 1.43 bits per heavy atom. The quantitative estimate of drug-likeness (QED) is 0.770. The average Bonchev–Trinajstić information content (AvgIpc) is 3.26. The molecule has 3 heterocycles. The van der Waals surface area contributed by atoms with Crippen molar-refractivity contribution >= 4 is 28.4 Å². The number of para-hydroxylation sites is 1. The predicted octanol–water partition coefficient (Wildman–Crippen LogP) is 4.10. The summed E-state index contributed by atoms with van der Waals surface area (Å²) in [4.78, 5) is 18.0. The molecule has 6 heteroatoms. The molecular weight excluding hydrogens is 314 g/mol. The van der Waals surface area contributed by atoms with Crippen LogP contribution in [0.2, 0.25) is 5.02 Å². The molecule has 1 aliphatic rings. The van der Waals surface area contributed by atoms with Gasteiger partial charge in [-0.25, -0.2) is 0 Å². The van der Waals surface area contributed by atoms with E-state index >= 15 is 0 Å². The minimum absolute atomic E-state index is 0.0533. The molecule has 2 aromatic heterocycles. The number of nitrogens with one attached hydrogen (secondary N) is 1. The fourth-order valence-corrected chi connectivity index (χ4v) is 3.55. The second-order valence-corrected chi connectivity index (χ2v) is 6.26. The zero-order valence-electron chi connectivity index (χ0n) is 12.7. The number of halogens is 1. The molecule has 1 N–H and O–H groups in total. The first-order valence-corrected chi connectivity index (χ1v) is 8.03. The fraction of sp³-hybridized carbons (Fsp3) is 0.294. The molecule has 1 aliphatic heterocycles. The summed E-state index contributed by atoms with van der Waals surface area (Å²) >= 11 is 6.42. The first-order chi connectivity index (χ1) is 11.1. The lowest BCUT2D eigenvalue weighted by Crippen LogP contribution is -2.31. The molecule has 0 bridgehead atoms. The van der Waals surface area contributed by atoms with Crippen molar-refractivity contribution in [1.82, 2.24) is 15.0 Å². The lowest BCUT2D eigenvalue weighted by Gasteiger charge is -2.22. The molecule has 1 aromatic carbocycles. The third-order valence-electron chi connectivity index (χ3n) is 4.36. The van der Waals surface area contributed by atoms with Crippen molar-refractivity contribution in [2.75, 3.05) is 6.54 Å². The van der Waals surface area contributed by atoms with Gasteiger partial charge in [-0.3, -0.25) is 4.79 Å². The summed E-state index contributed by atoms with van der Waals surface area (Å²) in [5.41, 5.74) is 2.12. The van der Waals surface area contributed by atoms with Crippen molar-refractivity contribution in [2.24, 2.45) is 0 Å². The van der Waals surface area contributed by atoms with Crippen LogP contribution >= 0.6 is 11.6 Å². The van der Waals surface area contributed by atoms with E-state index in [1.807, 2.05) is 42.2 Å². The van der Waals surface area contributed by atoms with Gasteiger partial charge in [-0.05, 0) is 25.8 Å². The van der Waals surface area contributed by atoms with Crippen molar-refractivity contribution in [1.29, 1.82) is 0 Å². The average molecular weight is 330 g/mol. The van der Waals surface area contributed by atoms with E-state index in [4.69, 9.17) is 16.1 Å². The van der Waals surface area contributed by atoms with Gasteiger partial charge < -0.3 is 14.4 Å². The largest absolute Gasteiger partial charge is 0.361 e. The Morgan fingerprint density at radius 3 is 3.00 bits per heavy atom. The van der Waals surface area contributed by atoms with Crippen LogP contribution in [0, 0.1) is 6.92 Å². The number of rotatable bonds is 2. The number of H-pyrrole nitrogens is 1. The molecule has 1 saturated heterocycles. The standard InChI is InChI=1S/C17H16ClN3O2/c1-10-9-13(20-23-10)14-7-4-8-21(14)17(22)16-15(18)11-5-2-3-6-12(11)19-16/h2-3,5-6,9,14,19H,4,7-8H2,1H3. The Morgan fingerprint density at radius 2 is 2.26 bits per heavy atom. The van der Waals surface area contributed by atoms with Crippen molar-refractivity contribution in [3.05, 3.63) is 52.5 Å². The Balaban J connectivity index is 1.71. The lowest BCUT2D eigenvalue weighted by atomic mass is 10.1. The molecule has 1 fully saturated rings. The fourth-order valence-electron chi connectivity index (χ4n) is 3.26. The van der Waals surface area contributed by atoms with E-state index in [9.17, 15) is 4.79 Å². The molecule has 4 rings (SSSR count). The van der Waals surface area contributed by atoms with Gasteiger partial charge in [-0.1, -0.05) is 35.0 Å². The van der Waals surface area contributed by atoms with Gasteiger partial charge in [-0.15, -0.1) is 0 Å². The van der Waals surface area contributed by atoms with Crippen molar-refractivity contribution in [2.45, 2.75) is 25.8 Å². The number of aromatic amines is 1. The molecule has 1 atom stereocenters. The molecule has 1 unspecified atom stereocenters. The summed E-state index contributed by atoms with van der Waals surface area (Å²) in [7, 11) is 0. The van der Waals surface area contributed by atoms with Crippen LogP contribution in [-0.4, -0.2) is 27.5 Å². The van der Waals surface area contributed by atoms with Crippen LogP contribution in [0.4, 0.5) is 0 Å². The van der Waals surface area contributed by atoms with Crippen molar-refractivity contribution in [3.63, 3.8) is 0 Å². The highest BCUT2D eigenvalue weighted by molar-refractivity contribution is 6.38.